The van der Waals surface area contributed by atoms with Crippen LogP contribution in [0.15, 0.2) is 36.5 Å². The number of hydrogen-bond acceptors (Lipinski definition) is 4. The summed E-state index contributed by atoms with van der Waals surface area (Å²) in [7, 11) is 0. The number of nitrogens with one attached hydrogen (secondary N) is 2. The van der Waals surface area contributed by atoms with Gasteiger partial charge >= 0.3 is 0 Å². The molecule has 1 aliphatic carbocycles. The molecule has 7 nitrogen and oxygen atoms in total. The van der Waals surface area contributed by atoms with E-state index in [1.807, 2.05) is 24.3 Å². The van der Waals surface area contributed by atoms with Crippen molar-refractivity contribution < 1.29 is 14.7 Å². The van der Waals surface area contributed by atoms with Crippen LogP contribution in [0.2, 0.25) is 0 Å². The van der Waals surface area contributed by atoms with Crippen LogP contribution in [0.5, 0.6) is 0 Å². The van der Waals surface area contributed by atoms with Crippen molar-refractivity contribution >= 4 is 17.6 Å². The van der Waals surface area contributed by atoms with Crippen LogP contribution in [0.3, 0.4) is 0 Å². The van der Waals surface area contributed by atoms with Crippen LogP contribution >= 0.6 is 0 Å². The Morgan fingerprint density at radius 2 is 2.07 bits per heavy atom. The van der Waals surface area contributed by atoms with Crippen LogP contribution in [-0.4, -0.2) is 33.3 Å². The van der Waals surface area contributed by atoms with Crippen LogP contribution < -0.4 is 10.6 Å². The van der Waals surface area contributed by atoms with Crippen molar-refractivity contribution in [3.63, 3.8) is 0 Å². The van der Waals surface area contributed by atoms with Crippen molar-refractivity contribution in [2.45, 2.75) is 51.1 Å². The largest absolute Gasteiger partial charge is 0.396 e. The number of aromatic nitrogens is 2. The first-order valence-corrected chi connectivity index (χ1v) is 10.5. The normalized spacial score (nSPS) is 19.8. The van der Waals surface area contributed by atoms with E-state index in [1.165, 1.54) is 12.8 Å². The Kier molecular flexibility index (Phi) is 5.94. The molecule has 2 aliphatic rings. The summed E-state index contributed by atoms with van der Waals surface area (Å²) in [6, 6.07) is 8.99. The van der Waals surface area contributed by atoms with Gasteiger partial charge in [-0.2, -0.15) is 5.10 Å². The number of aryl methyl sites for hydroxylation is 1. The van der Waals surface area contributed by atoms with Crippen molar-refractivity contribution in [3.8, 4) is 0 Å². The third-order valence-electron chi connectivity index (χ3n) is 6.07. The zero-order chi connectivity index (χ0) is 20.2. The number of hydrogen-bond donors (Lipinski definition) is 3. The number of nitrogens with zero attached hydrogens (tertiary/aromatic N) is 2. The second-order valence-electron chi connectivity index (χ2n) is 8.06. The number of aliphatic hydroxyl groups is 1. The molecule has 2 atom stereocenters. The fourth-order valence-electron chi connectivity index (χ4n) is 4.59. The number of benzene rings is 1. The van der Waals surface area contributed by atoms with E-state index in [2.05, 4.69) is 15.7 Å². The fourth-order valence-corrected chi connectivity index (χ4v) is 4.59. The molecule has 0 bridgehead atoms. The van der Waals surface area contributed by atoms with Gasteiger partial charge in [0.15, 0.2) is 5.82 Å². The number of carbonyl (C=O) groups excluding carboxylic acids is 2. The summed E-state index contributed by atoms with van der Waals surface area (Å²) >= 11 is 0. The van der Waals surface area contributed by atoms with E-state index in [1.54, 1.807) is 16.9 Å². The van der Waals surface area contributed by atoms with Crippen LogP contribution in [0, 0.1) is 11.8 Å². The van der Waals surface area contributed by atoms with Gasteiger partial charge in [0, 0.05) is 31.0 Å². The zero-order valence-corrected chi connectivity index (χ0v) is 16.5. The highest BCUT2D eigenvalue weighted by atomic mass is 16.3. The Morgan fingerprint density at radius 3 is 2.86 bits per heavy atom. The minimum atomic E-state index is -0.340. The van der Waals surface area contributed by atoms with E-state index in [0.717, 1.165) is 24.8 Å². The molecule has 1 unspecified atom stereocenters. The lowest BCUT2D eigenvalue weighted by atomic mass is 9.84. The average molecular weight is 396 g/mol. The summed E-state index contributed by atoms with van der Waals surface area (Å²) in [4.78, 5) is 25.7. The van der Waals surface area contributed by atoms with Crippen LogP contribution in [0.4, 0.5) is 5.82 Å². The third kappa shape index (κ3) is 4.34. The second-order valence-corrected chi connectivity index (χ2v) is 8.06. The highest BCUT2D eigenvalue weighted by Gasteiger charge is 2.39. The van der Waals surface area contributed by atoms with Crippen LogP contribution in [0.1, 0.15) is 60.5 Å². The third-order valence-corrected chi connectivity index (χ3v) is 6.07. The minimum Gasteiger partial charge on any atom is -0.396 e. The lowest BCUT2D eigenvalue weighted by Crippen LogP contribution is -2.35. The van der Waals surface area contributed by atoms with Crippen molar-refractivity contribution in [3.05, 3.63) is 47.7 Å². The SMILES string of the molecule is O=C1N[C@@H](C(CC2CCCC2)C(=O)Nc2ccn(CCCO)n2)c2ccccc21. The summed E-state index contributed by atoms with van der Waals surface area (Å²) in [5, 5.41) is 19.3. The number of anilines is 1. The molecule has 154 valence electrons. The number of carbonyl (C=O) groups is 2. The van der Waals surface area contributed by atoms with Crippen molar-refractivity contribution in [1.29, 1.82) is 0 Å². The molecule has 3 N–H and O–H groups in total. The maximum absolute atomic E-state index is 13.3. The Balaban J connectivity index is 1.53. The van der Waals surface area contributed by atoms with Crippen LogP contribution in [-0.2, 0) is 11.3 Å². The van der Waals surface area contributed by atoms with Crippen LogP contribution in [0.25, 0.3) is 0 Å². The fraction of sp³-hybridized carbons (Fsp3) is 0.500. The first-order valence-electron chi connectivity index (χ1n) is 10.5. The Morgan fingerprint density at radius 1 is 1.28 bits per heavy atom. The second kappa shape index (κ2) is 8.78. The smallest absolute Gasteiger partial charge is 0.252 e. The molecule has 29 heavy (non-hydrogen) atoms. The lowest BCUT2D eigenvalue weighted by Gasteiger charge is -2.26. The van der Waals surface area contributed by atoms with Crippen molar-refractivity contribution in [2.24, 2.45) is 11.8 Å². The van der Waals surface area contributed by atoms with Gasteiger partial charge in [-0.1, -0.05) is 43.9 Å². The predicted molar refractivity (Wildman–Crippen MR) is 109 cm³/mol. The monoisotopic (exact) mass is 396 g/mol. The highest BCUT2D eigenvalue weighted by Crippen LogP contribution is 2.38. The van der Waals surface area contributed by atoms with Gasteiger partial charge in [-0.15, -0.1) is 0 Å². The summed E-state index contributed by atoms with van der Waals surface area (Å²) in [5.41, 5.74) is 1.57. The molecule has 0 radical (unpaired) electrons. The Labute approximate surface area is 170 Å². The molecule has 0 spiro atoms. The summed E-state index contributed by atoms with van der Waals surface area (Å²) in [6.45, 7) is 0.704. The van der Waals surface area contributed by atoms with E-state index in [0.29, 0.717) is 30.3 Å². The van der Waals surface area contributed by atoms with E-state index in [-0.39, 0.29) is 30.4 Å². The zero-order valence-electron chi connectivity index (χ0n) is 16.5. The first-order chi connectivity index (χ1) is 14.2. The molecule has 1 aromatic carbocycles. The molecule has 2 heterocycles. The van der Waals surface area contributed by atoms with E-state index in [9.17, 15) is 9.59 Å². The van der Waals surface area contributed by atoms with Gasteiger partial charge in [-0.25, -0.2) is 0 Å². The molecular weight excluding hydrogens is 368 g/mol. The predicted octanol–water partition coefficient (Wildman–Crippen LogP) is 2.89. The number of aliphatic hydroxyl groups excluding tert-OH is 1. The Bertz CT molecular complexity index is 872. The molecule has 1 aliphatic heterocycles. The molecule has 2 aromatic rings. The molecule has 7 heteroatoms. The first kappa shape index (κ1) is 19.6. The number of amides is 2. The highest BCUT2D eigenvalue weighted by molar-refractivity contribution is 6.01. The van der Waals surface area contributed by atoms with E-state index >= 15 is 0 Å². The van der Waals surface area contributed by atoms with E-state index < -0.39 is 0 Å². The topological polar surface area (TPSA) is 96.2 Å². The standard InChI is InChI=1S/C22H28N4O3/c27-13-5-11-26-12-10-19(25-26)23-22(29)18(14-15-6-1-2-7-15)20-16-8-3-4-9-17(16)21(28)24-20/h3-4,8-10,12,15,18,20,27H,1-2,5-7,11,13-14H2,(H,24,28)(H,23,25,29)/t18?,20-/m1/s1. The Hall–Kier alpha value is -2.67. The van der Waals surface area contributed by atoms with Gasteiger partial charge in [0.05, 0.1) is 12.0 Å². The van der Waals surface area contributed by atoms with Gasteiger partial charge in [-0.3, -0.25) is 14.3 Å². The summed E-state index contributed by atoms with van der Waals surface area (Å²) < 4.78 is 1.71. The van der Waals surface area contributed by atoms with Gasteiger partial charge < -0.3 is 15.7 Å². The van der Waals surface area contributed by atoms with E-state index in [4.69, 9.17) is 5.11 Å². The molecule has 4 rings (SSSR count). The maximum Gasteiger partial charge on any atom is 0.252 e. The van der Waals surface area contributed by atoms with Crippen molar-refractivity contribution in [2.75, 3.05) is 11.9 Å². The molecule has 0 saturated heterocycles. The molecule has 1 aromatic heterocycles. The summed E-state index contributed by atoms with van der Waals surface area (Å²) in [6.07, 6.45) is 7.87. The molecule has 1 fully saturated rings. The summed E-state index contributed by atoms with van der Waals surface area (Å²) in [5.74, 6) is 0.460. The lowest BCUT2D eigenvalue weighted by molar-refractivity contribution is -0.121. The number of fused-ring (bicyclic) bond motifs is 1. The minimum absolute atomic E-state index is 0.103. The van der Waals surface area contributed by atoms with Gasteiger partial charge in [0.2, 0.25) is 5.91 Å². The molecular formula is C22H28N4O3. The van der Waals surface area contributed by atoms with Gasteiger partial charge in [0.25, 0.3) is 5.91 Å². The number of rotatable bonds is 8. The van der Waals surface area contributed by atoms with Crippen molar-refractivity contribution in [1.82, 2.24) is 15.1 Å². The molecule has 1 saturated carbocycles. The van der Waals surface area contributed by atoms with Gasteiger partial charge in [-0.05, 0) is 30.4 Å². The molecule has 2 amide bonds. The average Bonchev–Trinajstić information content (AvgIpc) is 3.46. The maximum atomic E-state index is 13.3. The quantitative estimate of drug-likeness (QED) is 0.639. The van der Waals surface area contributed by atoms with Gasteiger partial charge in [0.1, 0.15) is 0 Å².